The molecule has 2 bridgehead atoms. The minimum absolute atomic E-state index is 0.110. The van der Waals surface area contributed by atoms with Gasteiger partial charge in [0.25, 0.3) is 11.1 Å². The molecular formula is C19H23N3O2S. The molecule has 1 heterocycles. The van der Waals surface area contributed by atoms with E-state index in [-0.39, 0.29) is 22.5 Å². The lowest BCUT2D eigenvalue weighted by molar-refractivity contribution is -0.118. The standard InChI is InChI=1S/C19H23N3O2S/c1-18(2)12-8-9-19(18,3)15(10-12)21-22-16(23)11-25-17-20-13-6-4-5-7-14(13)24-17/h4-7,12H,8-11H2,1-3H3,(H,22,23)/b21-15-. The van der Waals surface area contributed by atoms with Crippen LogP contribution in [-0.2, 0) is 4.79 Å². The number of hydrogen-bond acceptors (Lipinski definition) is 5. The van der Waals surface area contributed by atoms with Crippen molar-refractivity contribution in [1.82, 2.24) is 10.4 Å². The third-order valence-electron chi connectivity index (χ3n) is 6.43. The molecular weight excluding hydrogens is 334 g/mol. The molecule has 132 valence electrons. The molecule has 1 aromatic carbocycles. The third-order valence-corrected chi connectivity index (χ3v) is 7.26. The van der Waals surface area contributed by atoms with Gasteiger partial charge in [0.2, 0.25) is 0 Å². The van der Waals surface area contributed by atoms with Crippen LogP contribution in [0.5, 0.6) is 0 Å². The molecule has 2 atom stereocenters. The molecule has 2 fully saturated rings. The second-order valence-electron chi connectivity index (χ2n) is 7.82. The number of rotatable bonds is 4. The smallest absolute Gasteiger partial charge is 0.257 e. The normalized spacial score (nSPS) is 28.8. The number of aromatic nitrogens is 1. The first-order valence-electron chi connectivity index (χ1n) is 8.74. The van der Waals surface area contributed by atoms with Crippen LogP contribution in [0.15, 0.2) is 39.0 Å². The Bertz CT molecular complexity index is 824. The van der Waals surface area contributed by atoms with Crippen LogP contribution in [0.4, 0.5) is 0 Å². The SMILES string of the molecule is CC12CCC(C/C1=N/NC(=O)CSc1nc3ccccc3o1)C2(C)C. The van der Waals surface area contributed by atoms with E-state index in [1.54, 1.807) is 0 Å². The minimum Gasteiger partial charge on any atom is -0.431 e. The Morgan fingerprint density at radius 1 is 1.40 bits per heavy atom. The predicted octanol–water partition coefficient (Wildman–Crippen LogP) is 4.24. The van der Waals surface area contributed by atoms with Gasteiger partial charge in [-0.15, -0.1) is 0 Å². The summed E-state index contributed by atoms with van der Waals surface area (Å²) in [6.07, 6.45) is 3.43. The molecule has 6 heteroatoms. The Labute approximate surface area is 151 Å². The van der Waals surface area contributed by atoms with Crippen molar-refractivity contribution >= 4 is 34.5 Å². The number of hydrogen-bond donors (Lipinski definition) is 1. The Hall–Kier alpha value is -1.82. The molecule has 0 radical (unpaired) electrons. The van der Waals surface area contributed by atoms with Crippen molar-refractivity contribution in [2.75, 3.05) is 5.75 Å². The van der Waals surface area contributed by atoms with E-state index in [4.69, 9.17) is 4.42 Å². The molecule has 1 amide bonds. The van der Waals surface area contributed by atoms with E-state index in [1.165, 1.54) is 18.2 Å². The molecule has 4 rings (SSSR count). The topological polar surface area (TPSA) is 67.5 Å². The van der Waals surface area contributed by atoms with E-state index < -0.39 is 0 Å². The van der Waals surface area contributed by atoms with Crippen molar-refractivity contribution in [2.24, 2.45) is 21.8 Å². The Morgan fingerprint density at radius 2 is 2.20 bits per heavy atom. The highest BCUT2D eigenvalue weighted by molar-refractivity contribution is 7.99. The number of oxazole rings is 1. The van der Waals surface area contributed by atoms with E-state index in [2.05, 4.69) is 36.3 Å². The Balaban J connectivity index is 1.37. The van der Waals surface area contributed by atoms with Crippen LogP contribution < -0.4 is 5.43 Å². The molecule has 2 saturated carbocycles. The molecule has 1 aromatic heterocycles. The van der Waals surface area contributed by atoms with Crippen LogP contribution in [0, 0.1) is 16.7 Å². The van der Waals surface area contributed by atoms with Gasteiger partial charge in [0.1, 0.15) is 5.52 Å². The number of nitrogens with zero attached hydrogens (tertiary/aromatic N) is 2. The van der Waals surface area contributed by atoms with Crippen molar-refractivity contribution in [3.05, 3.63) is 24.3 Å². The average molecular weight is 357 g/mol. The molecule has 0 spiro atoms. The fourth-order valence-corrected chi connectivity index (χ4v) is 4.93. The van der Waals surface area contributed by atoms with Gasteiger partial charge in [0, 0.05) is 11.1 Å². The quantitative estimate of drug-likeness (QED) is 0.656. The lowest BCUT2D eigenvalue weighted by Crippen LogP contribution is -2.34. The van der Waals surface area contributed by atoms with Gasteiger partial charge < -0.3 is 4.42 Å². The van der Waals surface area contributed by atoms with Crippen LogP contribution in [0.1, 0.15) is 40.0 Å². The largest absolute Gasteiger partial charge is 0.431 e. The fraction of sp³-hybridized carbons (Fsp3) is 0.526. The highest BCUT2D eigenvalue weighted by atomic mass is 32.2. The van der Waals surface area contributed by atoms with Crippen molar-refractivity contribution < 1.29 is 9.21 Å². The first-order chi connectivity index (χ1) is 11.9. The summed E-state index contributed by atoms with van der Waals surface area (Å²) in [6, 6.07) is 7.59. The third kappa shape index (κ3) is 2.67. The average Bonchev–Trinajstić information content (AvgIpc) is 3.16. The molecule has 5 nitrogen and oxygen atoms in total. The Kier molecular flexibility index (Phi) is 3.90. The zero-order valence-corrected chi connectivity index (χ0v) is 15.7. The maximum Gasteiger partial charge on any atom is 0.257 e. The first kappa shape index (κ1) is 16.6. The molecule has 0 saturated heterocycles. The summed E-state index contributed by atoms with van der Waals surface area (Å²) < 4.78 is 5.62. The number of nitrogens with one attached hydrogen (secondary N) is 1. The summed E-state index contributed by atoms with van der Waals surface area (Å²) in [6.45, 7) is 6.95. The van der Waals surface area contributed by atoms with Gasteiger partial charge in [-0.1, -0.05) is 44.7 Å². The summed E-state index contributed by atoms with van der Waals surface area (Å²) in [4.78, 5) is 16.5. The minimum atomic E-state index is -0.121. The summed E-state index contributed by atoms with van der Waals surface area (Å²) >= 11 is 1.29. The predicted molar refractivity (Wildman–Crippen MR) is 99.5 cm³/mol. The van der Waals surface area contributed by atoms with E-state index in [9.17, 15) is 4.79 Å². The van der Waals surface area contributed by atoms with Gasteiger partial charge in [-0.3, -0.25) is 4.79 Å². The highest BCUT2D eigenvalue weighted by Crippen LogP contribution is 2.63. The summed E-state index contributed by atoms with van der Waals surface area (Å²) in [5.74, 6) is 0.804. The van der Waals surface area contributed by atoms with Crippen molar-refractivity contribution in [2.45, 2.75) is 45.3 Å². The molecule has 2 aliphatic carbocycles. The monoisotopic (exact) mass is 357 g/mol. The number of benzene rings is 1. The number of thioether (sulfide) groups is 1. The molecule has 0 aliphatic heterocycles. The highest BCUT2D eigenvalue weighted by Gasteiger charge is 2.59. The maximum absolute atomic E-state index is 12.2. The van der Waals surface area contributed by atoms with Gasteiger partial charge in [0.05, 0.1) is 5.75 Å². The lowest BCUT2D eigenvalue weighted by Gasteiger charge is -2.34. The van der Waals surface area contributed by atoms with Crippen LogP contribution in [0.25, 0.3) is 11.1 Å². The van der Waals surface area contributed by atoms with E-state index in [0.717, 1.165) is 29.7 Å². The van der Waals surface area contributed by atoms with Gasteiger partial charge in [0.15, 0.2) is 5.58 Å². The van der Waals surface area contributed by atoms with Crippen molar-refractivity contribution in [1.29, 1.82) is 0 Å². The molecule has 2 aliphatic rings. The molecule has 25 heavy (non-hydrogen) atoms. The van der Waals surface area contributed by atoms with E-state index in [1.807, 2.05) is 24.3 Å². The fourth-order valence-electron chi connectivity index (χ4n) is 4.30. The van der Waals surface area contributed by atoms with Crippen LogP contribution in [0.2, 0.25) is 0 Å². The maximum atomic E-state index is 12.2. The van der Waals surface area contributed by atoms with Crippen LogP contribution in [0.3, 0.4) is 0 Å². The lowest BCUT2D eigenvalue weighted by atomic mass is 9.70. The number of hydrazone groups is 1. The zero-order valence-electron chi connectivity index (χ0n) is 14.8. The van der Waals surface area contributed by atoms with Crippen molar-refractivity contribution in [3.63, 3.8) is 0 Å². The number of para-hydroxylation sites is 2. The number of fused-ring (bicyclic) bond motifs is 3. The van der Waals surface area contributed by atoms with E-state index >= 15 is 0 Å². The van der Waals surface area contributed by atoms with Gasteiger partial charge in [-0.05, 0) is 42.7 Å². The first-order valence-corrected chi connectivity index (χ1v) is 9.73. The molecule has 1 N–H and O–H groups in total. The number of carbonyl (C=O) groups is 1. The number of carbonyl (C=O) groups excluding carboxylic acids is 1. The zero-order chi connectivity index (χ0) is 17.7. The van der Waals surface area contributed by atoms with Gasteiger partial charge >= 0.3 is 0 Å². The van der Waals surface area contributed by atoms with Crippen LogP contribution in [-0.4, -0.2) is 22.4 Å². The molecule has 2 aromatic rings. The summed E-state index contributed by atoms with van der Waals surface area (Å²) in [7, 11) is 0. The summed E-state index contributed by atoms with van der Waals surface area (Å²) in [5, 5.41) is 4.99. The van der Waals surface area contributed by atoms with Gasteiger partial charge in [-0.2, -0.15) is 5.10 Å². The van der Waals surface area contributed by atoms with Crippen molar-refractivity contribution in [3.8, 4) is 0 Å². The van der Waals surface area contributed by atoms with Crippen LogP contribution >= 0.6 is 11.8 Å². The van der Waals surface area contributed by atoms with E-state index in [0.29, 0.717) is 11.1 Å². The number of amides is 1. The molecule has 2 unspecified atom stereocenters. The second kappa shape index (κ2) is 5.87. The Morgan fingerprint density at radius 3 is 2.88 bits per heavy atom. The second-order valence-corrected chi connectivity index (χ2v) is 8.75. The van der Waals surface area contributed by atoms with Gasteiger partial charge in [-0.25, -0.2) is 10.4 Å². The summed E-state index contributed by atoms with van der Waals surface area (Å²) in [5.41, 5.74) is 5.81.